The minimum atomic E-state index is -6.94. The number of benzene rings is 2. The Balaban J connectivity index is 2.07. The van der Waals surface area contributed by atoms with Gasteiger partial charge >= 0.3 is 23.9 Å². The largest absolute Gasteiger partial charge is 0.457 e. The van der Waals surface area contributed by atoms with Crippen LogP contribution in [0.5, 0.6) is 0 Å². The quantitative estimate of drug-likeness (QED) is 0.258. The van der Waals surface area contributed by atoms with Crippen LogP contribution in [-0.4, -0.2) is 35.1 Å². The number of rotatable bonds is 6. The van der Waals surface area contributed by atoms with Crippen molar-refractivity contribution in [3.8, 4) is 11.3 Å². The number of nitrogens with one attached hydrogen (secondary N) is 1. The highest BCUT2D eigenvalue weighted by atomic mass is 79.9. The Morgan fingerprint density at radius 3 is 1.88 bits per heavy atom. The zero-order chi connectivity index (χ0) is 30.4. The summed E-state index contributed by atoms with van der Waals surface area (Å²) < 4.78 is 135. The number of carbonyl (C=O) groups excluding carboxylic acids is 2. The van der Waals surface area contributed by atoms with E-state index in [0.29, 0.717) is 0 Å². The minimum Gasteiger partial charge on any atom is -0.366 e. The van der Waals surface area contributed by atoms with Gasteiger partial charge in [0.25, 0.3) is 11.8 Å². The van der Waals surface area contributed by atoms with Crippen molar-refractivity contribution in [2.45, 2.75) is 23.9 Å². The number of pyridine rings is 1. The zero-order valence-corrected chi connectivity index (χ0v) is 22.2. The fourth-order valence-electron chi connectivity index (χ4n) is 3.50. The average Bonchev–Trinajstić information content (AvgIpc) is 2.84. The molecular formula is C23H11Br2F10N3O2. The second-order valence-electron chi connectivity index (χ2n) is 7.93. The molecule has 1 aromatic heterocycles. The highest BCUT2D eigenvalue weighted by Crippen LogP contribution is 2.59. The third-order valence-electron chi connectivity index (χ3n) is 5.43. The maximum atomic E-state index is 15.3. The molecule has 1 heterocycles. The number of nitrogens with zero attached hydrogens (tertiary/aromatic N) is 1. The van der Waals surface area contributed by atoms with Gasteiger partial charge in [-0.15, -0.1) is 0 Å². The molecule has 17 heteroatoms. The maximum Gasteiger partial charge on any atom is 0.457 e. The van der Waals surface area contributed by atoms with E-state index in [0.717, 1.165) is 12.1 Å². The average molecular weight is 711 g/mol. The van der Waals surface area contributed by atoms with Gasteiger partial charge < -0.3 is 11.1 Å². The van der Waals surface area contributed by atoms with E-state index in [1.165, 1.54) is 24.4 Å². The number of halogens is 12. The summed E-state index contributed by atoms with van der Waals surface area (Å²) in [6, 6.07) is 5.80. The van der Waals surface area contributed by atoms with Crippen molar-refractivity contribution in [2.75, 3.05) is 5.32 Å². The lowest BCUT2D eigenvalue weighted by Crippen LogP contribution is -2.59. The number of nitrogens with two attached hydrogens (primary N) is 1. The van der Waals surface area contributed by atoms with Gasteiger partial charge in [0, 0.05) is 26.3 Å². The Kier molecular flexibility index (Phi) is 8.34. The van der Waals surface area contributed by atoms with Gasteiger partial charge in [0.2, 0.25) is 0 Å². The first-order chi connectivity index (χ1) is 18.3. The van der Waals surface area contributed by atoms with Gasteiger partial charge in [-0.2, -0.15) is 35.1 Å². The van der Waals surface area contributed by atoms with Crippen molar-refractivity contribution in [3.05, 3.63) is 80.1 Å². The molecule has 0 aliphatic rings. The number of carbonyl (C=O) groups is 2. The van der Waals surface area contributed by atoms with E-state index in [4.69, 9.17) is 5.73 Å². The second-order valence-corrected chi connectivity index (χ2v) is 9.64. The first-order valence-corrected chi connectivity index (χ1v) is 11.9. The van der Waals surface area contributed by atoms with Gasteiger partial charge in [0.15, 0.2) is 0 Å². The van der Waals surface area contributed by atoms with E-state index in [9.17, 15) is 49.1 Å². The minimum absolute atomic E-state index is 0.0344. The number of amides is 2. The molecular weight excluding hydrogens is 700 g/mol. The Labute approximate surface area is 234 Å². The monoisotopic (exact) mass is 709 g/mol. The normalized spacial score (nSPS) is 14.0. The molecule has 1 atom stereocenters. The summed E-state index contributed by atoms with van der Waals surface area (Å²) >= 11 is 5.22. The Hall–Kier alpha value is -3.21. The molecule has 0 aliphatic heterocycles. The zero-order valence-electron chi connectivity index (χ0n) is 19.0. The molecule has 0 spiro atoms. The van der Waals surface area contributed by atoms with E-state index >= 15 is 4.39 Å². The summed E-state index contributed by atoms with van der Waals surface area (Å²) in [7, 11) is 0. The summed E-state index contributed by atoms with van der Waals surface area (Å²) in [6.45, 7) is 0. The molecule has 40 heavy (non-hydrogen) atoms. The lowest BCUT2D eigenvalue weighted by molar-refractivity contribution is -0.389. The highest BCUT2D eigenvalue weighted by molar-refractivity contribution is 9.11. The Bertz CT molecular complexity index is 1470. The van der Waals surface area contributed by atoms with Gasteiger partial charge in [0.1, 0.15) is 5.82 Å². The number of primary amides is 1. The summed E-state index contributed by atoms with van der Waals surface area (Å²) in [6.07, 6.45) is -12.5. The van der Waals surface area contributed by atoms with E-state index in [1.54, 1.807) is 0 Å². The number of hydrogen-bond donors (Lipinski definition) is 2. The fraction of sp³-hybridized carbons (Fsp3) is 0.174. The molecule has 2 aromatic carbocycles. The smallest absolute Gasteiger partial charge is 0.366 e. The number of hydrogen-bond acceptors (Lipinski definition) is 3. The van der Waals surface area contributed by atoms with Gasteiger partial charge in [-0.1, -0.05) is 6.07 Å². The maximum absolute atomic E-state index is 15.3. The molecule has 2 amide bonds. The van der Waals surface area contributed by atoms with Crippen LogP contribution in [0.25, 0.3) is 11.3 Å². The highest BCUT2D eigenvalue weighted by Gasteiger charge is 2.81. The van der Waals surface area contributed by atoms with Crippen LogP contribution in [0.3, 0.4) is 0 Å². The molecule has 0 saturated carbocycles. The number of aromatic nitrogens is 1. The number of anilines is 1. The molecule has 3 N–H and O–H groups in total. The third kappa shape index (κ3) is 5.27. The summed E-state index contributed by atoms with van der Waals surface area (Å²) in [5, 5.41) is 2.04. The van der Waals surface area contributed by atoms with Crippen molar-refractivity contribution in [1.82, 2.24) is 4.98 Å². The van der Waals surface area contributed by atoms with Crippen molar-refractivity contribution in [1.29, 1.82) is 0 Å². The topological polar surface area (TPSA) is 85.1 Å². The molecule has 0 aliphatic carbocycles. The Morgan fingerprint density at radius 2 is 1.38 bits per heavy atom. The molecule has 5 nitrogen and oxygen atoms in total. The van der Waals surface area contributed by atoms with Crippen LogP contribution in [0.4, 0.5) is 49.6 Å². The number of alkyl halides is 9. The van der Waals surface area contributed by atoms with E-state index in [2.05, 4.69) is 36.8 Å². The lowest BCUT2D eigenvalue weighted by Gasteiger charge is -2.36. The summed E-state index contributed by atoms with van der Waals surface area (Å²) in [4.78, 5) is 28.4. The molecule has 0 radical (unpaired) electrons. The molecule has 1 unspecified atom stereocenters. The summed E-state index contributed by atoms with van der Waals surface area (Å²) in [5.74, 6) is -10.4. The predicted octanol–water partition coefficient (Wildman–Crippen LogP) is 7.69. The van der Waals surface area contributed by atoms with Crippen molar-refractivity contribution in [3.63, 3.8) is 0 Å². The van der Waals surface area contributed by atoms with Crippen molar-refractivity contribution < 1.29 is 53.5 Å². The van der Waals surface area contributed by atoms with Crippen LogP contribution in [-0.2, 0) is 5.67 Å². The first kappa shape index (κ1) is 31.3. The van der Waals surface area contributed by atoms with Gasteiger partial charge in [0.05, 0.1) is 22.5 Å². The molecule has 0 bridgehead atoms. The van der Waals surface area contributed by atoms with E-state index < -0.39 is 67.3 Å². The standard InChI is InChI=1S/C23H11Br2F10N3O2/c24-13-7-9(20(27,22(30,31)32)21(28,29)23(33,34)35)8-14(25)17(13)38-19(40)11-4-1-3-10(15(11)26)16-12(18(36)39)5-2-6-37-16/h1-8H,(H2,36,39)(H,38,40). The fourth-order valence-corrected chi connectivity index (χ4v) is 4.88. The van der Waals surface area contributed by atoms with Crippen LogP contribution < -0.4 is 11.1 Å². The molecule has 3 rings (SSSR count). The van der Waals surface area contributed by atoms with Crippen molar-refractivity contribution in [2.24, 2.45) is 5.73 Å². The third-order valence-corrected chi connectivity index (χ3v) is 6.68. The predicted molar refractivity (Wildman–Crippen MR) is 128 cm³/mol. The van der Waals surface area contributed by atoms with Crippen LogP contribution in [0, 0.1) is 5.82 Å². The summed E-state index contributed by atoms with van der Waals surface area (Å²) in [5.41, 5.74) is -5.19. The molecule has 3 aromatic rings. The molecule has 214 valence electrons. The van der Waals surface area contributed by atoms with Gasteiger partial charge in [-0.3, -0.25) is 14.6 Å². The van der Waals surface area contributed by atoms with E-state index in [-0.39, 0.29) is 29.0 Å². The van der Waals surface area contributed by atoms with Crippen LogP contribution in [0.2, 0.25) is 0 Å². The lowest BCUT2D eigenvalue weighted by atomic mass is 9.87. The van der Waals surface area contributed by atoms with Gasteiger partial charge in [-0.05, 0) is 68.3 Å². The SMILES string of the molecule is NC(=O)c1cccnc1-c1cccc(C(=O)Nc2c(Br)cc(C(F)(C(F)(F)F)C(F)(F)C(F)(F)F)cc2Br)c1F. The molecule has 0 fully saturated rings. The first-order valence-electron chi connectivity index (χ1n) is 10.3. The van der Waals surface area contributed by atoms with Crippen LogP contribution in [0.1, 0.15) is 26.3 Å². The van der Waals surface area contributed by atoms with Crippen LogP contribution >= 0.6 is 31.9 Å². The Morgan fingerprint density at radius 1 is 0.825 bits per heavy atom. The molecule has 0 saturated heterocycles. The van der Waals surface area contributed by atoms with Crippen LogP contribution in [0.15, 0.2) is 57.6 Å². The van der Waals surface area contributed by atoms with Gasteiger partial charge in [-0.25, -0.2) is 8.78 Å². The second kappa shape index (κ2) is 10.6. The van der Waals surface area contributed by atoms with Crippen molar-refractivity contribution >= 4 is 49.4 Å². The van der Waals surface area contributed by atoms with E-state index in [1.807, 2.05) is 5.32 Å².